The van der Waals surface area contributed by atoms with E-state index in [0.29, 0.717) is 39.3 Å². The molecule has 0 unspecified atom stereocenters. The first-order valence-electron chi connectivity index (χ1n) is 7.74. The van der Waals surface area contributed by atoms with Crippen molar-refractivity contribution in [2.45, 2.75) is 22.6 Å². The predicted molar refractivity (Wildman–Crippen MR) is 93.3 cm³/mol. The van der Waals surface area contributed by atoms with Crippen LogP contribution in [0.4, 0.5) is 0 Å². The Morgan fingerprint density at radius 1 is 0.750 bits per heavy atom. The molecule has 3 rings (SSSR count). The zero-order valence-corrected chi connectivity index (χ0v) is 15.7. The summed E-state index contributed by atoms with van der Waals surface area (Å²) in [4.78, 5) is -0.228. The molecule has 1 aromatic carbocycles. The molecule has 7 nitrogen and oxygen atoms in total. The first-order valence-corrected chi connectivity index (χ1v) is 10.6. The van der Waals surface area contributed by atoms with Gasteiger partial charge in [0, 0.05) is 39.3 Å². The highest BCUT2D eigenvalue weighted by atomic mass is 35.5. The van der Waals surface area contributed by atoms with Crippen LogP contribution < -0.4 is 5.32 Å². The van der Waals surface area contributed by atoms with E-state index in [-0.39, 0.29) is 22.2 Å². The Morgan fingerprint density at radius 2 is 1.17 bits per heavy atom. The van der Waals surface area contributed by atoms with Gasteiger partial charge in [0.25, 0.3) is 0 Å². The van der Waals surface area contributed by atoms with Gasteiger partial charge in [0.2, 0.25) is 20.0 Å². The molecule has 2 aliphatic rings. The van der Waals surface area contributed by atoms with E-state index in [9.17, 15) is 16.8 Å². The van der Waals surface area contributed by atoms with Crippen molar-refractivity contribution in [3.63, 3.8) is 0 Å². The topological polar surface area (TPSA) is 86.8 Å². The van der Waals surface area contributed by atoms with E-state index in [1.165, 1.54) is 20.7 Å². The lowest BCUT2D eigenvalue weighted by atomic mass is 10.4. The second kappa shape index (κ2) is 7.67. The van der Waals surface area contributed by atoms with Crippen LogP contribution in [-0.2, 0) is 20.0 Å². The van der Waals surface area contributed by atoms with Gasteiger partial charge in [0.1, 0.15) is 9.79 Å². The van der Waals surface area contributed by atoms with Crippen LogP contribution in [0.5, 0.6) is 0 Å². The van der Waals surface area contributed by atoms with Crippen LogP contribution in [0, 0.1) is 0 Å². The number of nitrogens with zero attached hydrogens (tertiary/aromatic N) is 2. The molecule has 2 heterocycles. The second-order valence-electron chi connectivity index (χ2n) is 5.71. The molecule has 0 saturated carbocycles. The van der Waals surface area contributed by atoms with Gasteiger partial charge < -0.3 is 5.32 Å². The van der Waals surface area contributed by atoms with E-state index in [4.69, 9.17) is 0 Å². The Bertz CT molecular complexity index is 771. The molecule has 136 valence electrons. The number of benzene rings is 1. The van der Waals surface area contributed by atoms with Gasteiger partial charge in [-0.3, -0.25) is 0 Å². The maximum atomic E-state index is 12.9. The minimum Gasteiger partial charge on any atom is -0.314 e. The van der Waals surface area contributed by atoms with E-state index in [1.807, 2.05) is 0 Å². The molecular weight excluding hydrogens is 374 g/mol. The van der Waals surface area contributed by atoms with Gasteiger partial charge in [-0.2, -0.15) is 8.61 Å². The number of sulfonamides is 2. The zero-order chi connectivity index (χ0) is 16.5. The van der Waals surface area contributed by atoms with Crippen molar-refractivity contribution in [3.8, 4) is 0 Å². The first-order chi connectivity index (χ1) is 10.9. The average molecular weight is 396 g/mol. The molecule has 0 aromatic heterocycles. The third-order valence-corrected chi connectivity index (χ3v) is 8.27. The van der Waals surface area contributed by atoms with Gasteiger partial charge >= 0.3 is 0 Å². The largest absolute Gasteiger partial charge is 0.314 e. The highest BCUT2D eigenvalue weighted by Crippen LogP contribution is 2.28. The summed E-state index contributed by atoms with van der Waals surface area (Å²) in [6, 6.07) is 5.92. The molecule has 10 heteroatoms. The lowest BCUT2D eigenvalue weighted by Crippen LogP contribution is -2.46. The van der Waals surface area contributed by atoms with E-state index >= 15 is 0 Å². The smallest absolute Gasteiger partial charge is 0.244 e. The highest BCUT2D eigenvalue weighted by Gasteiger charge is 2.35. The van der Waals surface area contributed by atoms with Crippen LogP contribution in [0.3, 0.4) is 0 Å². The monoisotopic (exact) mass is 395 g/mol. The van der Waals surface area contributed by atoms with Gasteiger partial charge in [-0.1, -0.05) is 12.1 Å². The quantitative estimate of drug-likeness (QED) is 0.801. The number of piperazine rings is 1. The molecule has 0 aliphatic carbocycles. The van der Waals surface area contributed by atoms with Crippen molar-refractivity contribution < 1.29 is 16.8 Å². The van der Waals surface area contributed by atoms with Crippen molar-refractivity contribution in [2.24, 2.45) is 0 Å². The summed E-state index contributed by atoms with van der Waals surface area (Å²) in [5.74, 6) is 0. The number of nitrogens with one attached hydrogen (secondary N) is 1. The molecule has 1 aromatic rings. The van der Waals surface area contributed by atoms with Gasteiger partial charge in [-0.05, 0) is 25.0 Å². The second-order valence-corrected chi connectivity index (χ2v) is 9.52. The van der Waals surface area contributed by atoms with Gasteiger partial charge in [-0.25, -0.2) is 16.8 Å². The van der Waals surface area contributed by atoms with Gasteiger partial charge in [-0.15, -0.1) is 12.4 Å². The summed E-state index contributed by atoms with van der Waals surface area (Å²) < 4.78 is 54.1. The zero-order valence-electron chi connectivity index (χ0n) is 13.2. The molecule has 0 radical (unpaired) electrons. The summed E-state index contributed by atoms with van der Waals surface area (Å²) in [5.41, 5.74) is 0. The third kappa shape index (κ3) is 3.61. The van der Waals surface area contributed by atoms with Gasteiger partial charge in [0.05, 0.1) is 0 Å². The lowest BCUT2D eigenvalue weighted by molar-refractivity contribution is 0.359. The first kappa shape index (κ1) is 19.6. The summed E-state index contributed by atoms with van der Waals surface area (Å²) in [5, 5.41) is 3.10. The van der Waals surface area contributed by atoms with Crippen LogP contribution in [0.1, 0.15) is 12.8 Å². The molecule has 2 aliphatic heterocycles. The molecule has 1 N–H and O–H groups in total. The Balaban J connectivity index is 0.00000208. The average Bonchev–Trinajstić information content (AvgIpc) is 3.11. The van der Waals surface area contributed by atoms with Crippen molar-refractivity contribution in [1.82, 2.24) is 13.9 Å². The SMILES string of the molecule is Cl.O=S(=O)(c1ccccc1S(=O)(=O)N1CCNCC1)N1CCCC1. The molecular formula is C14H22ClN3O4S2. The Morgan fingerprint density at radius 3 is 1.62 bits per heavy atom. The fourth-order valence-corrected chi connectivity index (χ4v) is 6.70. The van der Waals surface area contributed by atoms with Crippen molar-refractivity contribution in [2.75, 3.05) is 39.3 Å². The minimum atomic E-state index is -3.82. The maximum Gasteiger partial charge on any atom is 0.244 e. The summed E-state index contributed by atoms with van der Waals surface area (Å²) >= 11 is 0. The number of rotatable bonds is 4. The van der Waals surface area contributed by atoms with E-state index in [2.05, 4.69) is 5.32 Å². The van der Waals surface area contributed by atoms with Crippen LogP contribution in [0.25, 0.3) is 0 Å². The third-order valence-electron chi connectivity index (χ3n) is 4.23. The summed E-state index contributed by atoms with van der Waals surface area (Å²) in [6.45, 7) is 2.73. The fourth-order valence-electron chi connectivity index (χ4n) is 2.97. The summed E-state index contributed by atoms with van der Waals surface area (Å²) in [6.07, 6.45) is 1.62. The van der Waals surface area contributed by atoms with Crippen LogP contribution in [0.2, 0.25) is 0 Å². The highest BCUT2D eigenvalue weighted by molar-refractivity contribution is 7.92. The minimum absolute atomic E-state index is 0. The number of halogens is 1. The Labute approximate surface area is 149 Å². The number of hydrogen-bond acceptors (Lipinski definition) is 5. The molecule has 2 fully saturated rings. The summed E-state index contributed by atoms with van der Waals surface area (Å²) in [7, 11) is -7.60. The molecule has 24 heavy (non-hydrogen) atoms. The van der Waals surface area contributed by atoms with Crippen molar-refractivity contribution in [1.29, 1.82) is 0 Å². The fraction of sp³-hybridized carbons (Fsp3) is 0.571. The number of hydrogen-bond donors (Lipinski definition) is 1. The van der Waals surface area contributed by atoms with Crippen LogP contribution in [-0.4, -0.2) is 64.7 Å². The molecule has 2 saturated heterocycles. The van der Waals surface area contributed by atoms with E-state index < -0.39 is 20.0 Å². The maximum absolute atomic E-state index is 12.9. The van der Waals surface area contributed by atoms with Gasteiger partial charge in [0.15, 0.2) is 0 Å². The molecule has 0 atom stereocenters. The molecule has 0 amide bonds. The lowest BCUT2D eigenvalue weighted by Gasteiger charge is -2.27. The Hall–Kier alpha value is -0.710. The predicted octanol–water partition coefficient (Wildman–Crippen LogP) is 0.487. The van der Waals surface area contributed by atoms with E-state index in [1.54, 1.807) is 12.1 Å². The van der Waals surface area contributed by atoms with Crippen LogP contribution in [0.15, 0.2) is 34.1 Å². The van der Waals surface area contributed by atoms with Crippen molar-refractivity contribution in [3.05, 3.63) is 24.3 Å². The van der Waals surface area contributed by atoms with Crippen molar-refractivity contribution >= 4 is 32.5 Å². The van der Waals surface area contributed by atoms with E-state index in [0.717, 1.165) is 12.8 Å². The van der Waals surface area contributed by atoms with Crippen LogP contribution >= 0.6 is 12.4 Å². The standard InChI is InChI=1S/C14H21N3O4S2.ClH/c18-22(19,16-9-3-4-10-16)13-5-1-2-6-14(13)23(20,21)17-11-7-15-8-12-17;/h1-2,5-6,15H,3-4,7-12H2;1H. The normalized spacial score (nSPS) is 20.7. The molecule has 0 spiro atoms. The molecule has 0 bridgehead atoms. The Kier molecular flexibility index (Phi) is 6.27.